The van der Waals surface area contributed by atoms with E-state index in [1.54, 1.807) is 7.11 Å². The Morgan fingerprint density at radius 1 is 1.50 bits per heavy atom. The summed E-state index contributed by atoms with van der Waals surface area (Å²) < 4.78 is 6.14. The molecule has 0 saturated carbocycles. The van der Waals surface area contributed by atoms with Crippen molar-refractivity contribution in [3.63, 3.8) is 0 Å². The SMILES string of the molecule is COCC(C)N(C)c1cc(Br)ccc1CO. The molecule has 3 nitrogen and oxygen atoms in total. The molecule has 0 amide bonds. The van der Waals surface area contributed by atoms with Crippen molar-refractivity contribution in [2.45, 2.75) is 19.6 Å². The van der Waals surface area contributed by atoms with Crippen LogP contribution in [0.15, 0.2) is 22.7 Å². The summed E-state index contributed by atoms with van der Waals surface area (Å²) in [7, 11) is 3.70. The first-order valence-electron chi connectivity index (χ1n) is 5.21. The Morgan fingerprint density at radius 3 is 2.75 bits per heavy atom. The Morgan fingerprint density at radius 2 is 2.19 bits per heavy atom. The fourth-order valence-electron chi connectivity index (χ4n) is 1.59. The highest BCUT2D eigenvalue weighted by atomic mass is 79.9. The van der Waals surface area contributed by atoms with E-state index in [1.807, 2.05) is 25.2 Å². The van der Waals surface area contributed by atoms with Gasteiger partial charge in [0.15, 0.2) is 0 Å². The zero-order valence-corrected chi connectivity index (χ0v) is 11.5. The van der Waals surface area contributed by atoms with Crippen LogP contribution in [-0.2, 0) is 11.3 Å². The van der Waals surface area contributed by atoms with Crippen molar-refractivity contribution in [3.8, 4) is 0 Å². The highest BCUT2D eigenvalue weighted by molar-refractivity contribution is 9.10. The minimum Gasteiger partial charge on any atom is -0.392 e. The molecule has 0 radical (unpaired) electrons. The molecule has 4 heteroatoms. The number of benzene rings is 1. The normalized spacial score (nSPS) is 12.6. The van der Waals surface area contributed by atoms with Gasteiger partial charge in [-0.25, -0.2) is 0 Å². The van der Waals surface area contributed by atoms with E-state index in [0.717, 1.165) is 15.7 Å². The Labute approximate surface area is 105 Å². The molecule has 1 aromatic carbocycles. The highest BCUT2D eigenvalue weighted by Crippen LogP contribution is 2.25. The molecule has 0 heterocycles. The number of hydrogen-bond acceptors (Lipinski definition) is 3. The second kappa shape index (κ2) is 6.23. The molecule has 0 aliphatic rings. The van der Waals surface area contributed by atoms with E-state index in [1.165, 1.54) is 0 Å². The molecule has 16 heavy (non-hydrogen) atoms. The molecule has 0 aromatic heterocycles. The maximum absolute atomic E-state index is 9.30. The van der Waals surface area contributed by atoms with Crippen LogP contribution in [0.5, 0.6) is 0 Å². The molecular formula is C12H18BrNO2. The van der Waals surface area contributed by atoms with Gasteiger partial charge in [-0.05, 0) is 19.1 Å². The van der Waals surface area contributed by atoms with Gasteiger partial charge >= 0.3 is 0 Å². The lowest BCUT2D eigenvalue weighted by Gasteiger charge is -2.28. The van der Waals surface area contributed by atoms with Crippen LogP contribution in [0.2, 0.25) is 0 Å². The number of anilines is 1. The standard InChI is InChI=1S/C12H18BrNO2/c1-9(8-16-3)14(2)12-6-11(13)5-4-10(12)7-15/h4-6,9,15H,7-8H2,1-3H3. The predicted molar refractivity (Wildman–Crippen MR) is 69.8 cm³/mol. The van der Waals surface area contributed by atoms with Crippen LogP contribution >= 0.6 is 15.9 Å². The summed E-state index contributed by atoms with van der Waals surface area (Å²) in [6, 6.07) is 6.14. The van der Waals surface area contributed by atoms with Gasteiger partial charge in [0, 0.05) is 35.9 Å². The van der Waals surface area contributed by atoms with Crippen LogP contribution in [0.1, 0.15) is 12.5 Å². The van der Waals surface area contributed by atoms with Crippen molar-refractivity contribution >= 4 is 21.6 Å². The number of ether oxygens (including phenoxy) is 1. The first kappa shape index (κ1) is 13.5. The van der Waals surface area contributed by atoms with Crippen LogP contribution in [0, 0.1) is 0 Å². The number of aliphatic hydroxyl groups is 1. The maximum Gasteiger partial charge on any atom is 0.0702 e. The summed E-state index contributed by atoms with van der Waals surface area (Å²) in [5.41, 5.74) is 1.95. The summed E-state index contributed by atoms with van der Waals surface area (Å²) >= 11 is 3.44. The number of halogens is 1. The van der Waals surface area contributed by atoms with Gasteiger partial charge in [-0.2, -0.15) is 0 Å². The van der Waals surface area contributed by atoms with E-state index in [9.17, 15) is 5.11 Å². The fourth-order valence-corrected chi connectivity index (χ4v) is 1.94. The molecule has 1 atom stereocenters. The third-order valence-corrected chi connectivity index (χ3v) is 3.16. The molecule has 0 spiro atoms. The molecule has 1 aromatic rings. The van der Waals surface area contributed by atoms with Crippen LogP contribution in [0.4, 0.5) is 5.69 Å². The highest BCUT2D eigenvalue weighted by Gasteiger charge is 2.13. The van der Waals surface area contributed by atoms with E-state index >= 15 is 0 Å². The van der Waals surface area contributed by atoms with Crippen LogP contribution < -0.4 is 4.90 Å². The second-order valence-electron chi connectivity index (χ2n) is 3.85. The topological polar surface area (TPSA) is 32.7 Å². The molecule has 0 fully saturated rings. The number of aliphatic hydroxyl groups excluding tert-OH is 1. The van der Waals surface area contributed by atoms with Gasteiger partial charge in [0.1, 0.15) is 0 Å². The Balaban J connectivity index is 2.96. The van der Waals surface area contributed by atoms with Gasteiger partial charge in [-0.15, -0.1) is 0 Å². The summed E-state index contributed by atoms with van der Waals surface area (Å²) in [6.07, 6.45) is 0. The Kier molecular flexibility index (Phi) is 5.25. The van der Waals surface area contributed by atoms with E-state index in [4.69, 9.17) is 4.74 Å². The zero-order chi connectivity index (χ0) is 12.1. The molecule has 0 bridgehead atoms. The second-order valence-corrected chi connectivity index (χ2v) is 4.76. The molecule has 1 N–H and O–H groups in total. The largest absolute Gasteiger partial charge is 0.392 e. The van der Waals surface area contributed by atoms with Crippen molar-refractivity contribution in [2.75, 3.05) is 25.7 Å². The Hall–Kier alpha value is -0.580. The lowest BCUT2D eigenvalue weighted by atomic mass is 10.1. The van der Waals surface area contributed by atoms with E-state index < -0.39 is 0 Å². The monoisotopic (exact) mass is 287 g/mol. The zero-order valence-electron chi connectivity index (χ0n) is 9.90. The molecule has 1 unspecified atom stereocenters. The number of rotatable bonds is 5. The quantitative estimate of drug-likeness (QED) is 0.903. The minimum atomic E-state index is 0.0483. The number of methoxy groups -OCH3 is 1. The summed E-state index contributed by atoms with van der Waals surface area (Å²) in [5.74, 6) is 0. The summed E-state index contributed by atoms with van der Waals surface area (Å²) in [6.45, 7) is 2.80. The van der Waals surface area contributed by atoms with Crippen LogP contribution in [-0.4, -0.2) is 31.9 Å². The minimum absolute atomic E-state index is 0.0483. The predicted octanol–water partition coefficient (Wildman–Crippen LogP) is 2.41. The summed E-state index contributed by atoms with van der Waals surface area (Å²) in [4.78, 5) is 2.11. The van der Waals surface area contributed by atoms with Crippen molar-refractivity contribution < 1.29 is 9.84 Å². The van der Waals surface area contributed by atoms with E-state index in [-0.39, 0.29) is 12.6 Å². The first-order chi connectivity index (χ1) is 7.60. The van der Waals surface area contributed by atoms with Gasteiger partial charge < -0.3 is 14.7 Å². The van der Waals surface area contributed by atoms with Gasteiger partial charge in [-0.1, -0.05) is 22.0 Å². The summed E-state index contributed by atoms with van der Waals surface area (Å²) in [5, 5.41) is 9.30. The third kappa shape index (κ3) is 3.20. The number of likely N-dealkylation sites (N-methyl/N-ethyl adjacent to an activating group) is 1. The van der Waals surface area contributed by atoms with Gasteiger partial charge in [0.05, 0.1) is 13.2 Å². The van der Waals surface area contributed by atoms with Crippen molar-refractivity contribution in [2.24, 2.45) is 0 Å². The van der Waals surface area contributed by atoms with Crippen LogP contribution in [0.3, 0.4) is 0 Å². The number of hydrogen-bond donors (Lipinski definition) is 1. The molecule has 0 aliphatic carbocycles. The van der Waals surface area contributed by atoms with Crippen molar-refractivity contribution in [3.05, 3.63) is 28.2 Å². The fraction of sp³-hybridized carbons (Fsp3) is 0.500. The number of nitrogens with zero attached hydrogens (tertiary/aromatic N) is 1. The van der Waals surface area contributed by atoms with E-state index in [0.29, 0.717) is 6.61 Å². The lowest BCUT2D eigenvalue weighted by molar-refractivity contribution is 0.183. The maximum atomic E-state index is 9.30. The first-order valence-corrected chi connectivity index (χ1v) is 6.00. The Bertz CT molecular complexity index is 344. The van der Waals surface area contributed by atoms with Crippen molar-refractivity contribution in [1.82, 2.24) is 0 Å². The molecule has 90 valence electrons. The van der Waals surface area contributed by atoms with Crippen LogP contribution in [0.25, 0.3) is 0 Å². The molecule has 0 aliphatic heterocycles. The van der Waals surface area contributed by atoms with Gasteiger partial charge in [-0.3, -0.25) is 0 Å². The molecular weight excluding hydrogens is 270 g/mol. The van der Waals surface area contributed by atoms with Gasteiger partial charge in [0.25, 0.3) is 0 Å². The van der Waals surface area contributed by atoms with E-state index in [2.05, 4.69) is 27.8 Å². The van der Waals surface area contributed by atoms with Crippen molar-refractivity contribution in [1.29, 1.82) is 0 Å². The lowest BCUT2D eigenvalue weighted by Crippen LogP contribution is -2.33. The molecule has 1 rings (SSSR count). The average molecular weight is 288 g/mol. The molecule has 0 saturated heterocycles. The smallest absolute Gasteiger partial charge is 0.0702 e. The van der Waals surface area contributed by atoms with Gasteiger partial charge in [0.2, 0.25) is 0 Å². The third-order valence-electron chi connectivity index (χ3n) is 2.67. The average Bonchev–Trinajstić information content (AvgIpc) is 2.28.